The number of hydrogen-bond acceptors (Lipinski definition) is 4. The summed E-state index contributed by atoms with van der Waals surface area (Å²) in [6.07, 6.45) is 2.87. The second-order valence-corrected chi connectivity index (χ2v) is 4.98. The Bertz CT molecular complexity index is 274. The molecule has 1 rings (SSSR count). The third-order valence-corrected chi connectivity index (χ3v) is 3.33. The van der Waals surface area contributed by atoms with Gasteiger partial charge in [-0.2, -0.15) is 0 Å². The van der Waals surface area contributed by atoms with Crippen molar-refractivity contribution in [3.8, 4) is 0 Å². The zero-order valence-electron chi connectivity index (χ0n) is 9.19. The molecule has 0 spiro atoms. The Hall–Kier alpha value is -0.550. The van der Waals surface area contributed by atoms with E-state index in [2.05, 4.69) is 29.4 Å². The van der Waals surface area contributed by atoms with Crippen LogP contribution in [0.4, 0.5) is 0 Å². The van der Waals surface area contributed by atoms with E-state index in [0.29, 0.717) is 11.3 Å². The molecule has 0 saturated heterocycles. The Morgan fingerprint density at radius 1 is 1.57 bits per heavy atom. The molecule has 14 heavy (non-hydrogen) atoms. The van der Waals surface area contributed by atoms with E-state index in [0.717, 1.165) is 11.6 Å². The van der Waals surface area contributed by atoms with Crippen molar-refractivity contribution in [2.75, 3.05) is 7.05 Å². The predicted octanol–water partition coefficient (Wildman–Crippen LogP) is 1.29. The first-order valence-electron chi connectivity index (χ1n) is 4.81. The summed E-state index contributed by atoms with van der Waals surface area (Å²) >= 11 is 1.77. The van der Waals surface area contributed by atoms with Crippen molar-refractivity contribution in [2.24, 2.45) is 7.05 Å². The van der Waals surface area contributed by atoms with Crippen LogP contribution in [-0.2, 0) is 7.05 Å². The van der Waals surface area contributed by atoms with E-state index in [9.17, 15) is 0 Å². The molecule has 0 bridgehead atoms. The van der Waals surface area contributed by atoms with Gasteiger partial charge in [0.1, 0.15) is 6.33 Å². The highest BCUT2D eigenvalue weighted by molar-refractivity contribution is 7.99. The number of thioether (sulfide) groups is 1. The monoisotopic (exact) mass is 214 g/mol. The van der Waals surface area contributed by atoms with Gasteiger partial charge in [0.2, 0.25) is 0 Å². The van der Waals surface area contributed by atoms with Crippen molar-refractivity contribution >= 4 is 11.8 Å². The lowest BCUT2D eigenvalue weighted by molar-refractivity contribution is 0.563. The van der Waals surface area contributed by atoms with Gasteiger partial charge in [0, 0.05) is 18.3 Å². The number of rotatable bonds is 5. The molecular weight excluding hydrogens is 196 g/mol. The lowest BCUT2D eigenvalue weighted by Crippen LogP contribution is -2.24. The summed E-state index contributed by atoms with van der Waals surface area (Å²) in [5.74, 6) is 0. The quantitative estimate of drug-likeness (QED) is 0.750. The van der Waals surface area contributed by atoms with Gasteiger partial charge in [0.05, 0.1) is 0 Å². The van der Waals surface area contributed by atoms with Crippen LogP contribution in [0.3, 0.4) is 0 Å². The molecule has 1 heterocycles. The van der Waals surface area contributed by atoms with Gasteiger partial charge >= 0.3 is 0 Å². The molecule has 0 saturated carbocycles. The molecule has 0 aliphatic carbocycles. The van der Waals surface area contributed by atoms with Crippen molar-refractivity contribution in [3.63, 3.8) is 0 Å². The fourth-order valence-corrected chi connectivity index (χ4v) is 2.28. The summed E-state index contributed by atoms with van der Waals surface area (Å²) in [5.41, 5.74) is 0. The zero-order chi connectivity index (χ0) is 10.6. The topological polar surface area (TPSA) is 42.7 Å². The maximum atomic E-state index is 4.04. The molecule has 0 aromatic carbocycles. The van der Waals surface area contributed by atoms with Crippen molar-refractivity contribution in [2.45, 2.75) is 36.7 Å². The molecule has 0 aliphatic heterocycles. The molecule has 5 heteroatoms. The van der Waals surface area contributed by atoms with Crippen molar-refractivity contribution < 1.29 is 0 Å². The smallest absolute Gasteiger partial charge is 0.190 e. The lowest BCUT2D eigenvalue weighted by Gasteiger charge is -2.15. The standard InChI is InChI=1S/C9H18N4S/c1-7(10-3)5-8(2)14-9-12-11-6-13(9)4/h6-8,10H,5H2,1-4H3. The van der Waals surface area contributed by atoms with Crippen LogP contribution in [0.25, 0.3) is 0 Å². The van der Waals surface area contributed by atoms with Crippen LogP contribution >= 0.6 is 11.8 Å². The van der Waals surface area contributed by atoms with Gasteiger partial charge in [0.25, 0.3) is 0 Å². The maximum Gasteiger partial charge on any atom is 0.190 e. The molecule has 0 radical (unpaired) electrons. The average molecular weight is 214 g/mol. The number of aryl methyl sites for hydroxylation is 1. The molecule has 0 aliphatic rings. The van der Waals surface area contributed by atoms with E-state index in [4.69, 9.17) is 0 Å². The van der Waals surface area contributed by atoms with Gasteiger partial charge < -0.3 is 9.88 Å². The number of nitrogens with one attached hydrogen (secondary N) is 1. The first kappa shape index (κ1) is 11.5. The molecule has 0 amide bonds. The van der Waals surface area contributed by atoms with E-state index < -0.39 is 0 Å². The van der Waals surface area contributed by atoms with E-state index in [-0.39, 0.29) is 0 Å². The molecule has 2 unspecified atom stereocenters. The Morgan fingerprint density at radius 2 is 2.29 bits per heavy atom. The Balaban J connectivity index is 2.41. The van der Waals surface area contributed by atoms with Crippen LogP contribution in [0.1, 0.15) is 20.3 Å². The molecule has 1 aromatic rings. The predicted molar refractivity (Wildman–Crippen MR) is 59.5 cm³/mol. The first-order valence-corrected chi connectivity index (χ1v) is 5.69. The van der Waals surface area contributed by atoms with Crippen LogP contribution in [0.15, 0.2) is 11.5 Å². The largest absolute Gasteiger partial charge is 0.317 e. The molecule has 4 nitrogen and oxygen atoms in total. The Labute approximate surface area is 89.5 Å². The Kier molecular flexibility index (Phi) is 4.41. The third kappa shape index (κ3) is 3.31. The molecule has 0 fully saturated rings. The molecular formula is C9H18N4S. The molecule has 1 N–H and O–H groups in total. The minimum absolute atomic E-state index is 0.547. The molecule has 2 atom stereocenters. The fraction of sp³-hybridized carbons (Fsp3) is 0.778. The van der Waals surface area contributed by atoms with Gasteiger partial charge in [-0.3, -0.25) is 0 Å². The normalized spacial score (nSPS) is 15.4. The zero-order valence-corrected chi connectivity index (χ0v) is 10.0. The number of nitrogens with zero attached hydrogens (tertiary/aromatic N) is 3. The average Bonchev–Trinajstić information content (AvgIpc) is 2.51. The van der Waals surface area contributed by atoms with E-state index in [1.165, 1.54) is 0 Å². The first-order chi connectivity index (χ1) is 6.63. The highest BCUT2D eigenvalue weighted by Crippen LogP contribution is 2.22. The minimum Gasteiger partial charge on any atom is -0.317 e. The fourth-order valence-electron chi connectivity index (χ4n) is 1.22. The SMILES string of the molecule is CNC(C)CC(C)Sc1nncn1C. The lowest BCUT2D eigenvalue weighted by atomic mass is 10.2. The summed E-state index contributed by atoms with van der Waals surface area (Å²) < 4.78 is 1.95. The van der Waals surface area contributed by atoms with Crippen LogP contribution < -0.4 is 5.32 Å². The van der Waals surface area contributed by atoms with Gasteiger partial charge in [-0.15, -0.1) is 10.2 Å². The summed E-state index contributed by atoms with van der Waals surface area (Å²) in [6, 6.07) is 0.547. The van der Waals surface area contributed by atoms with Gasteiger partial charge in [-0.1, -0.05) is 18.7 Å². The summed E-state index contributed by atoms with van der Waals surface area (Å²) in [6.45, 7) is 4.40. The van der Waals surface area contributed by atoms with Crippen LogP contribution in [0.5, 0.6) is 0 Å². The number of hydrogen-bond donors (Lipinski definition) is 1. The minimum atomic E-state index is 0.547. The maximum absolute atomic E-state index is 4.04. The Morgan fingerprint density at radius 3 is 2.79 bits per heavy atom. The van der Waals surface area contributed by atoms with Crippen molar-refractivity contribution in [1.82, 2.24) is 20.1 Å². The van der Waals surface area contributed by atoms with Gasteiger partial charge in [0.15, 0.2) is 5.16 Å². The van der Waals surface area contributed by atoms with Crippen LogP contribution in [0, 0.1) is 0 Å². The summed E-state index contributed by atoms with van der Waals surface area (Å²) in [7, 11) is 3.96. The van der Waals surface area contributed by atoms with E-state index in [1.54, 1.807) is 18.1 Å². The van der Waals surface area contributed by atoms with Crippen LogP contribution in [-0.4, -0.2) is 33.1 Å². The third-order valence-electron chi connectivity index (χ3n) is 2.15. The summed E-state index contributed by atoms with van der Waals surface area (Å²) in [4.78, 5) is 0. The van der Waals surface area contributed by atoms with Crippen LogP contribution in [0.2, 0.25) is 0 Å². The van der Waals surface area contributed by atoms with Crippen molar-refractivity contribution in [1.29, 1.82) is 0 Å². The second kappa shape index (κ2) is 5.36. The molecule has 80 valence electrons. The van der Waals surface area contributed by atoms with E-state index in [1.807, 2.05) is 18.7 Å². The van der Waals surface area contributed by atoms with E-state index >= 15 is 0 Å². The van der Waals surface area contributed by atoms with Gasteiger partial charge in [-0.25, -0.2) is 0 Å². The molecule has 1 aromatic heterocycles. The number of aromatic nitrogens is 3. The van der Waals surface area contributed by atoms with Gasteiger partial charge in [-0.05, 0) is 20.4 Å². The highest BCUT2D eigenvalue weighted by Gasteiger charge is 2.11. The highest BCUT2D eigenvalue weighted by atomic mass is 32.2. The second-order valence-electron chi connectivity index (χ2n) is 3.58. The summed E-state index contributed by atoms with van der Waals surface area (Å²) in [5, 5.41) is 12.7. The van der Waals surface area contributed by atoms with Crippen molar-refractivity contribution in [3.05, 3.63) is 6.33 Å².